The molecule has 1 aromatic heterocycles. The minimum Gasteiger partial charge on any atom is -0.318 e. The molecule has 3 rings (SSSR count). The maximum absolute atomic E-state index is 13.9. The molecule has 2 aromatic carbocycles. The lowest BCUT2D eigenvalue weighted by Gasteiger charge is -2.10. The summed E-state index contributed by atoms with van der Waals surface area (Å²) in [6.45, 7) is 1.93. The number of aryl methyl sites for hydroxylation is 1. The van der Waals surface area contributed by atoms with Gasteiger partial charge in [-0.3, -0.25) is 9.89 Å². The Morgan fingerprint density at radius 3 is 2.39 bits per heavy atom. The van der Waals surface area contributed by atoms with Crippen LogP contribution in [0.3, 0.4) is 0 Å². The third-order valence-electron chi connectivity index (χ3n) is 4.18. The van der Waals surface area contributed by atoms with Crippen molar-refractivity contribution in [2.45, 2.75) is 25.9 Å². The van der Waals surface area contributed by atoms with Crippen molar-refractivity contribution in [3.05, 3.63) is 71.2 Å². The van der Waals surface area contributed by atoms with Crippen molar-refractivity contribution >= 4 is 11.6 Å². The average molecular weight is 391 g/mol. The average Bonchev–Trinajstić information content (AvgIpc) is 3.04. The van der Waals surface area contributed by atoms with Gasteiger partial charge in [-0.05, 0) is 30.7 Å². The topological polar surface area (TPSA) is 57.8 Å². The molecule has 0 aliphatic rings. The van der Waals surface area contributed by atoms with Gasteiger partial charge in [-0.1, -0.05) is 37.6 Å². The van der Waals surface area contributed by atoms with E-state index >= 15 is 0 Å². The van der Waals surface area contributed by atoms with E-state index < -0.39 is 23.5 Å². The number of anilines is 1. The van der Waals surface area contributed by atoms with Crippen LogP contribution in [0.5, 0.6) is 0 Å². The van der Waals surface area contributed by atoms with Crippen molar-refractivity contribution in [3.63, 3.8) is 0 Å². The van der Waals surface area contributed by atoms with Crippen molar-refractivity contribution in [3.8, 4) is 11.3 Å². The van der Waals surface area contributed by atoms with Crippen LogP contribution in [-0.4, -0.2) is 16.1 Å². The van der Waals surface area contributed by atoms with Gasteiger partial charge >= 0.3 is 6.18 Å². The Labute approximate surface area is 158 Å². The highest BCUT2D eigenvalue weighted by Crippen LogP contribution is 2.34. The number of aromatic nitrogens is 2. The van der Waals surface area contributed by atoms with Crippen LogP contribution in [0.25, 0.3) is 11.3 Å². The minimum absolute atomic E-state index is 0.135. The van der Waals surface area contributed by atoms with Gasteiger partial charge in [-0.2, -0.15) is 18.3 Å². The largest absolute Gasteiger partial charge is 0.416 e. The number of H-pyrrole nitrogens is 1. The van der Waals surface area contributed by atoms with E-state index in [2.05, 4.69) is 15.5 Å². The molecule has 1 heterocycles. The number of nitrogens with zero attached hydrogens (tertiary/aromatic N) is 1. The lowest BCUT2D eigenvalue weighted by Crippen LogP contribution is -2.15. The van der Waals surface area contributed by atoms with Crippen LogP contribution in [0.2, 0.25) is 0 Å². The van der Waals surface area contributed by atoms with Crippen LogP contribution in [0.4, 0.5) is 23.2 Å². The van der Waals surface area contributed by atoms with Gasteiger partial charge in [0.25, 0.3) is 5.91 Å². The molecule has 1 amide bonds. The maximum Gasteiger partial charge on any atom is 0.416 e. The third kappa shape index (κ3) is 4.05. The van der Waals surface area contributed by atoms with E-state index in [1.54, 1.807) is 0 Å². The molecule has 0 aliphatic carbocycles. The molecule has 0 unspecified atom stereocenters. The number of hydrogen-bond acceptors (Lipinski definition) is 2. The van der Waals surface area contributed by atoms with Crippen molar-refractivity contribution in [2.75, 3.05) is 5.32 Å². The standard InChI is InChI=1S/C20H17F4N3O/c1-2-5-16-18(25-19(28)14-6-3-4-7-15(14)21)17(27-26-16)12-8-10-13(11-9-12)20(22,23)24/h3-4,6-11H,2,5H2,1H3,(H,25,28)(H,26,27). The lowest BCUT2D eigenvalue weighted by atomic mass is 10.1. The molecule has 4 nitrogen and oxygen atoms in total. The zero-order valence-corrected chi connectivity index (χ0v) is 14.9. The Morgan fingerprint density at radius 1 is 1.11 bits per heavy atom. The molecule has 0 radical (unpaired) electrons. The Bertz CT molecular complexity index is 978. The number of aromatic amines is 1. The molecule has 0 saturated heterocycles. The SMILES string of the molecule is CCCc1[nH]nc(-c2ccc(C(F)(F)F)cc2)c1NC(=O)c1ccccc1F. The zero-order valence-electron chi connectivity index (χ0n) is 14.9. The summed E-state index contributed by atoms with van der Waals surface area (Å²) in [5, 5.41) is 9.61. The molecule has 0 aliphatic heterocycles. The normalized spacial score (nSPS) is 11.5. The summed E-state index contributed by atoms with van der Waals surface area (Å²) in [4.78, 5) is 12.5. The van der Waals surface area contributed by atoms with Gasteiger partial charge in [0, 0.05) is 5.56 Å². The molecule has 28 heavy (non-hydrogen) atoms. The van der Waals surface area contributed by atoms with Gasteiger partial charge in [-0.25, -0.2) is 4.39 Å². The molecular formula is C20H17F4N3O. The Balaban J connectivity index is 1.97. The van der Waals surface area contributed by atoms with Crippen LogP contribution in [0.1, 0.15) is 35.0 Å². The summed E-state index contributed by atoms with van der Waals surface area (Å²) < 4.78 is 52.3. The molecule has 0 atom stereocenters. The molecule has 0 saturated carbocycles. The smallest absolute Gasteiger partial charge is 0.318 e. The molecule has 0 spiro atoms. The van der Waals surface area contributed by atoms with E-state index in [9.17, 15) is 22.4 Å². The van der Waals surface area contributed by atoms with E-state index in [0.29, 0.717) is 29.1 Å². The van der Waals surface area contributed by atoms with E-state index in [1.807, 2.05) is 6.92 Å². The van der Waals surface area contributed by atoms with E-state index in [0.717, 1.165) is 18.6 Å². The third-order valence-corrected chi connectivity index (χ3v) is 4.18. The zero-order chi connectivity index (χ0) is 20.3. The first-order valence-corrected chi connectivity index (χ1v) is 8.62. The number of carbonyl (C=O) groups excluding carboxylic acids is 1. The fourth-order valence-electron chi connectivity index (χ4n) is 2.80. The Kier molecular flexibility index (Phi) is 5.48. The van der Waals surface area contributed by atoms with Crippen LogP contribution in [0, 0.1) is 5.82 Å². The van der Waals surface area contributed by atoms with Crippen molar-refractivity contribution in [2.24, 2.45) is 0 Å². The summed E-state index contributed by atoms with van der Waals surface area (Å²) in [6, 6.07) is 10.0. The second-order valence-corrected chi connectivity index (χ2v) is 6.18. The number of nitrogens with one attached hydrogen (secondary N) is 2. The first-order valence-electron chi connectivity index (χ1n) is 8.62. The molecule has 146 valence electrons. The molecule has 0 fully saturated rings. The highest BCUT2D eigenvalue weighted by molar-refractivity contribution is 6.06. The fourth-order valence-corrected chi connectivity index (χ4v) is 2.80. The molecule has 8 heteroatoms. The summed E-state index contributed by atoms with van der Waals surface area (Å²) in [6.07, 6.45) is -3.14. The van der Waals surface area contributed by atoms with Crippen LogP contribution >= 0.6 is 0 Å². The van der Waals surface area contributed by atoms with Crippen molar-refractivity contribution < 1.29 is 22.4 Å². The molecule has 0 bridgehead atoms. The van der Waals surface area contributed by atoms with Gasteiger partial charge in [0.05, 0.1) is 22.5 Å². The van der Waals surface area contributed by atoms with Gasteiger partial charge in [0.2, 0.25) is 0 Å². The van der Waals surface area contributed by atoms with Crippen molar-refractivity contribution in [1.29, 1.82) is 0 Å². The van der Waals surface area contributed by atoms with Gasteiger partial charge in [0.15, 0.2) is 0 Å². The summed E-state index contributed by atoms with van der Waals surface area (Å²) in [5.74, 6) is -1.33. The number of alkyl halides is 3. The Morgan fingerprint density at radius 2 is 1.79 bits per heavy atom. The highest BCUT2D eigenvalue weighted by Gasteiger charge is 2.30. The number of hydrogen-bond donors (Lipinski definition) is 2. The number of rotatable bonds is 5. The summed E-state index contributed by atoms with van der Waals surface area (Å²) >= 11 is 0. The van der Waals surface area contributed by atoms with E-state index in [1.165, 1.54) is 36.4 Å². The molecule has 3 aromatic rings. The van der Waals surface area contributed by atoms with E-state index in [4.69, 9.17) is 0 Å². The predicted molar refractivity (Wildman–Crippen MR) is 97.4 cm³/mol. The van der Waals surface area contributed by atoms with E-state index in [-0.39, 0.29) is 5.56 Å². The number of benzene rings is 2. The van der Waals surface area contributed by atoms with Crippen LogP contribution in [-0.2, 0) is 12.6 Å². The Hall–Kier alpha value is -3.16. The van der Waals surface area contributed by atoms with Gasteiger partial charge in [-0.15, -0.1) is 0 Å². The summed E-state index contributed by atoms with van der Waals surface area (Å²) in [5.41, 5.74) is 0.719. The first kappa shape index (κ1) is 19.6. The molecular weight excluding hydrogens is 374 g/mol. The number of amides is 1. The second-order valence-electron chi connectivity index (χ2n) is 6.18. The monoisotopic (exact) mass is 391 g/mol. The molecule has 2 N–H and O–H groups in total. The maximum atomic E-state index is 13.9. The summed E-state index contributed by atoms with van der Waals surface area (Å²) in [7, 11) is 0. The van der Waals surface area contributed by atoms with Gasteiger partial charge < -0.3 is 5.32 Å². The number of carbonyl (C=O) groups is 1. The van der Waals surface area contributed by atoms with Gasteiger partial charge in [0.1, 0.15) is 11.5 Å². The predicted octanol–water partition coefficient (Wildman–Crippen LogP) is 5.44. The second kappa shape index (κ2) is 7.84. The fraction of sp³-hybridized carbons (Fsp3) is 0.200. The van der Waals surface area contributed by atoms with Crippen LogP contribution < -0.4 is 5.32 Å². The van der Waals surface area contributed by atoms with Crippen LogP contribution in [0.15, 0.2) is 48.5 Å². The van der Waals surface area contributed by atoms with Crippen molar-refractivity contribution in [1.82, 2.24) is 10.2 Å². The lowest BCUT2D eigenvalue weighted by molar-refractivity contribution is -0.137. The first-order chi connectivity index (χ1) is 13.3. The number of halogens is 4. The minimum atomic E-state index is -4.45. The quantitative estimate of drug-likeness (QED) is 0.569. The highest BCUT2D eigenvalue weighted by atomic mass is 19.4.